The molecule has 90 valence electrons. The van der Waals surface area contributed by atoms with E-state index in [2.05, 4.69) is 0 Å². The van der Waals surface area contributed by atoms with Crippen LogP contribution in [0.2, 0.25) is 0 Å². The largest absolute Gasteiger partial charge is 0.462 e. The average Bonchev–Trinajstić information content (AvgIpc) is 2.38. The summed E-state index contributed by atoms with van der Waals surface area (Å²) in [6.45, 7) is 0.395. The molecular weight excluding hydrogens is 238 g/mol. The number of nitriles is 1. The fourth-order valence-electron chi connectivity index (χ4n) is 1.34. The summed E-state index contributed by atoms with van der Waals surface area (Å²) < 4.78 is 5.08. The maximum absolute atomic E-state index is 11.6. The van der Waals surface area contributed by atoms with Gasteiger partial charge in [0, 0.05) is 5.88 Å². The Balaban J connectivity index is 2.39. The molecule has 3 nitrogen and oxygen atoms in total. The lowest BCUT2D eigenvalue weighted by molar-refractivity contribution is 0.0498. The molecule has 0 radical (unpaired) electrons. The minimum atomic E-state index is -0.382. The lowest BCUT2D eigenvalue weighted by atomic mass is 10.1. The Morgan fingerprint density at radius 2 is 2.18 bits per heavy atom. The Hall–Kier alpha value is -1.53. The van der Waals surface area contributed by atoms with E-state index in [9.17, 15) is 4.79 Å². The van der Waals surface area contributed by atoms with Gasteiger partial charge < -0.3 is 4.74 Å². The second-order valence-corrected chi connectivity index (χ2v) is 3.96. The first-order valence-corrected chi connectivity index (χ1v) is 6.04. The van der Waals surface area contributed by atoms with E-state index in [0.717, 1.165) is 19.3 Å². The van der Waals surface area contributed by atoms with E-state index < -0.39 is 0 Å². The normalized spacial score (nSPS) is 9.65. The molecule has 0 amide bonds. The molecule has 1 aromatic carbocycles. The van der Waals surface area contributed by atoms with Crippen molar-refractivity contribution in [3.05, 3.63) is 35.4 Å². The van der Waals surface area contributed by atoms with Crippen LogP contribution in [0.5, 0.6) is 0 Å². The molecule has 0 bridgehead atoms. The molecule has 0 atom stereocenters. The monoisotopic (exact) mass is 251 g/mol. The number of benzene rings is 1. The number of unbranched alkanes of at least 4 members (excludes halogenated alkanes) is 2. The number of hydrogen-bond acceptors (Lipinski definition) is 3. The van der Waals surface area contributed by atoms with Crippen LogP contribution in [-0.2, 0) is 4.74 Å². The molecule has 1 rings (SSSR count). The molecule has 0 N–H and O–H groups in total. The molecule has 17 heavy (non-hydrogen) atoms. The van der Waals surface area contributed by atoms with Crippen molar-refractivity contribution in [2.45, 2.75) is 19.3 Å². The third kappa shape index (κ3) is 4.88. The second kappa shape index (κ2) is 7.70. The maximum Gasteiger partial charge on any atom is 0.338 e. The highest BCUT2D eigenvalue weighted by atomic mass is 35.5. The molecule has 1 aromatic rings. The van der Waals surface area contributed by atoms with Crippen LogP contribution < -0.4 is 0 Å². The third-order valence-corrected chi connectivity index (χ3v) is 2.51. The van der Waals surface area contributed by atoms with Gasteiger partial charge in [-0.3, -0.25) is 0 Å². The van der Waals surface area contributed by atoms with Crippen molar-refractivity contribution in [2.24, 2.45) is 0 Å². The molecule has 0 aliphatic rings. The molecule has 0 heterocycles. The number of esters is 1. The SMILES string of the molecule is N#Cc1cccc(C(=O)OCCCCCCl)c1. The molecule has 0 aromatic heterocycles. The van der Waals surface area contributed by atoms with E-state index in [0.29, 0.717) is 23.6 Å². The van der Waals surface area contributed by atoms with Gasteiger partial charge in [-0.1, -0.05) is 6.07 Å². The van der Waals surface area contributed by atoms with Crippen molar-refractivity contribution in [3.63, 3.8) is 0 Å². The third-order valence-electron chi connectivity index (χ3n) is 2.24. The average molecular weight is 252 g/mol. The topological polar surface area (TPSA) is 50.1 Å². The molecule has 0 saturated heterocycles. The van der Waals surface area contributed by atoms with E-state index in [1.807, 2.05) is 6.07 Å². The van der Waals surface area contributed by atoms with Crippen molar-refractivity contribution >= 4 is 17.6 Å². The van der Waals surface area contributed by atoms with E-state index in [1.165, 1.54) is 6.07 Å². The first-order chi connectivity index (χ1) is 8.27. The number of ether oxygens (including phenoxy) is 1. The van der Waals surface area contributed by atoms with Crippen LogP contribution in [0.25, 0.3) is 0 Å². The minimum Gasteiger partial charge on any atom is -0.462 e. The summed E-state index contributed by atoms with van der Waals surface area (Å²) >= 11 is 5.53. The Kier molecular flexibility index (Phi) is 6.13. The van der Waals surface area contributed by atoms with Crippen LogP contribution in [0.3, 0.4) is 0 Å². The molecule has 0 fully saturated rings. The maximum atomic E-state index is 11.6. The molecule has 0 aliphatic carbocycles. The van der Waals surface area contributed by atoms with E-state index in [-0.39, 0.29) is 5.97 Å². The van der Waals surface area contributed by atoms with Gasteiger partial charge in [0.25, 0.3) is 0 Å². The number of carbonyl (C=O) groups excluding carboxylic acids is 1. The van der Waals surface area contributed by atoms with Crippen molar-refractivity contribution in [1.82, 2.24) is 0 Å². The summed E-state index contributed by atoms with van der Waals surface area (Å²) in [4.78, 5) is 11.6. The van der Waals surface area contributed by atoms with Gasteiger partial charge >= 0.3 is 5.97 Å². The molecular formula is C13H14ClNO2. The predicted octanol–water partition coefficient (Wildman–Crippen LogP) is 3.12. The lowest BCUT2D eigenvalue weighted by Gasteiger charge is -2.04. The van der Waals surface area contributed by atoms with Gasteiger partial charge in [0.05, 0.1) is 23.8 Å². The Bertz CT molecular complexity index is 412. The fraction of sp³-hybridized carbons (Fsp3) is 0.385. The number of rotatable bonds is 6. The predicted molar refractivity (Wildman–Crippen MR) is 66.0 cm³/mol. The number of alkyl halides is 1. The van der Waals surface area contributed by atoms with Gasteiger partial charge in [0.15, 0.2) is 0 Å². The van der Waals surface area contributed by atoms with Gasteiger partial charge in [-0.2, -0.15) is 5.26 Å². The Labute approximate surface area is 106 Å². The van der Waals surface area contributed by atoms with Crippen molar-refractivity contribution in [1.29, 1.82) is 5.26 Å². The second-order valence-electron chi connectivity index (χ2n) is 3.58. The van der Waals surface area contributed by atoms with Crippen LogP contribution in [0, 0.1) is 11.3 Å². The smallest absolute Gasteiger partial charge is 0.338 e. The highest BCUT2D eigenvalue weighted by Gasteiger charge is 2.07. The van der Waals surface area contributed by atoms with Crippen LogP contribution in [-0.4, -0.2) is 18.5 Å². The van der Waals surface area contributed by atoms with Crippen LogP contribution in [0.15, 0.2) is 24.3 Å². The molecule has 4 heteroatoms. The summed E-state index contributed by atoms with van der Waals surface area (Å²) in [6.07, 6.45) is 2.70. The van der Waals surface area contributed by atoms with Crippen LogP contribution >= 0.6 is 11.6 Å². The molecule has 0 spiro atoms. The van der Waals surface area contributed by atoms with Crippen LogP contribution in [0.4, 0.5) is 0 Å². The number of nitrogens with zero attached hydrogens (tertiary/aromatic N) is 1. The van der Waals surface area contributed by atoms with Crippen LogP contribution in [0.1, 0.15) is 35.2 Å². The fourth-order valence-corrected chi connectivity index (χ4v) is 1.53. The molecule has 0 unspecified atom stereocenters. The summed E-state index contributed by atoms with van der Waals surface area (Å²) in [5.41, 5.74) is 0.878. The van der Waals surface area contributed by atoms with Gasteiger partial charge in [0.2, 0.25) is 0 Å². The highest BCUT2D eigenvalue weighted by Crippen LogP contribution is 2.06. The standard InChI is InChI=1S/C13H14ClNO2/c14-7-2-1-3-8-17-13(16)12-6-4-5-11(9-12)10-15/h4-6,9H,1-3,7-8H2. The van der Waals surface area contributed by atoms with Gasteiger partial charge in [-0.15, -0.1) is 11.6 Å². The van der Waals surface area contributed by atoms with Crippen molar-refractivity contribution in [2.75, 3.05) is 12.5 Å². The summed E-state index contributed by atoms with van der Waals surface area (Å²) in [6, 6.07) is 8.47. The minimum absolute atomic E-state index is 0.382. The molecule has 0 aliphatic heterocycles. The number of halogens is 1. The quantitative estimate of drug-likeness (QED) is 0.443. The summed E-state index contributed by atoms with van der Waals surface area (Å²) in [7, 11) is 0. The lowest BCUT2D eigenvalue weighted by Crippen LogP contribution is -2.06. The van der Waals surface area contributed by atoms with E-state index in [1.54, 1.807) is 18.2 Å². The van der Waals surface area contributed by atoms with Crippen molar-refractivity contribution in [3.8, 4) is 6.07 Å². The Morgan fingerprint density at radius 3 is 2.88 bits per heavy atom. The zero-order chi connectivity index (χ0) is 12.5. The summed E-state index contributed by atoms with van der Waals surface area (Å²) in [5, 5.41) is 8.70. The van der Waals surface area contributed by atoms with Gasteiger partial charge in [0.1, 0.15) is 0 Å². The van der Waals surface area contributed by atoms with Gasteiger partial charge in [-0.25, -0.2) is 4.79 Å². The highest BCUT2D eigenvalue weighted by molar-refractivity contribution is 6.17. The van der Waals surface area contributed by atoms with Crippen molar-refractivity contribution < 1.29 is 9.53 Å². The first-order valence-electron chi connectivity index (χ1n) is 5.51. The van der Waals surface area contributed by atoms with Gasteiger partial charge in [-0.05, 0) is 37.5 Å². The zero-order valence-electron chi connectivity index (χ0n) is 9.49. The number of hydrogen-bond donors (Lipinski definition) is 0. The number of carbonyl (C=O) groups is 1. The Morgan fingerprint density at radius 1 is 1.35 bits per heavy atom. The summed E-state index contributed by atoms with van der Waals surface area (Å²) in [5.74, 6) is 0.256. The zero-order valence-corrected chi connectivity index (χ0v) is 10.2. The first kappa shape index (κ1) is 13.5. The van der Waals surface area contributed by atoms with E-state index >= 15 is 0 Å². The molecule has 0 saturated carbocycles. The van der Waals surface area contributed by atoms with E-state index in [4.69, 9.17) is 21.6 Å².